The van der Waals surface area contributed by atoms with Crippen LogP contribution in [0.1, 0.15) is 19.8 Å². The molecule has 12 heavy (non-hydrogen) atoms. The standard InChI is InChI=1S/C7H12F2N2O/c1-7(8,9)3-6(12)11-5-2-4(5)10/h4-5H,2-3,10H2,1H3,(H,11,12). The van der Waals surface area contributed by atoms with Crippen molar-refractivity contribution in [1.29, 1.82) is 0 Å². The van der Waals surface area contributed by atoms with Gasteiger partial charge in [-0.25, -0.2) is 8.78 Å². The molecule has 1 fully saturated rings. The van der Waals surface area contributed by atoms with E-state index in [1.165, 1.54) is 0 Å². The highest BCUT2D eigenvalue weighted by atomic mass is 19.3. The largest absolute Gasteiger partial charge is 0.352 e. The zero-order chi connectivity index (χ0) is 9.35. The second-order valence-corrected chi connectivity index (χ2v) is 3.32. The van der Waals surface area contributed by atoms with Crippen molar-refractivity contribution in [2.75, 3.05) is 0 Å². The van der Waals surface area contributed by atoms with Crippen LogP contribution in [-0.2, 0) is 4.79 Å². The molecule has 1 rings (SSSR count). The van der Waals surface area contributed by atoms with Gasteiger partial charge in [0.15, 0.2) is 0 Å². The van der Waals surface area contributed by atoms with E-state index in [-0.39, 0.29) is 12.1 Å². The first-order valence-electron chi connectivity index (χ1n) is 3.81. The normalized spacial score (nSPS) is 28.3. The number of alkyl halides is 2. The van der Waals surface area contributed by atoms with Crippen LogP contribution in [0.2, 0.25) is 0 Å². The summed E-state index contributed by atoms with van der Waals surface area (Å²) in [5.74, 6) is -3.55. The van der Waals surface area contributed by atoms with Gasteiger partial charge in [-0.15, -0.1) is 0 Å². The predicted octanol–water partition coefficient (Wildman–Crippen LogP) is 0.248. The monoisotopic (exact) mass is 178 g/mol. The van der Waals surface area contributed by atoms with Crippen LogP contribution < -0.4 is 11.1 Å². The van der Waals surface area contributed by atoms with Gasteiger partial charge in [0.25, 0.3) is 5.92 Å². The van der Waals surface area contributed by atoms with Gasteiger partial charge in [0.05, 0.1) is 6.42 Å². The third-order valence-corrected chi connectivity index (χ3v) is 1.66. The highest BCUT2D eigenvalue weighted by Gasteiger charge is 2.36. The minimum Gasteiger partial charge on any atom is -0.352 e. The first-order chi connectivity index (χ1) is 5.38. The summed E-state index contributed by atoms with van der Waals surface area (Å²) in [6.07, 6.45) is -0.0583. The fourth-order valence-electron chi connectivity index (χ4n) is 0.920. The van der Waals surface area contributed by atoms with Gasteiger partial charge in [-0.05, 0) is 13.3 Å². The highest BCUT2D eigenvalue weighted by Crippen LogP contribution is 2.20. The van der Waals surface area contributed by atoms with Crippen molar-refractivity contribution in [2.24, 2.45) is 5.73 Å². The summed E-state index contributed by atoms with van der Waals surface area (Å²) in [6, 6.07) is -0.126. The first kappa shape index (κ1) is 9.38. The Labute approximate surface area is 69.3 Å². The van der Waals surface area contributed by atoms with Crippen LogP contribution in [0.3, 0.4) is 0 Å². The third-order valence-electron chi connectivity index (χ3n) is 1.66. The Morgan fingerprint density at radius 3 is 2.58 bits per heavy atom. The number of nitrogens with two attached hydrogens (primary N) is 1. The van der Waals surface area contributed by atoms with E-state index >= 15 is 0 Å². The lowest BCUT2D eigenvalue weighted by Crippen LogP contribution is -2.33. The Morgan fingerprint density at radius 1 is 1.75 bits per heavy atom. The Bertz CT molecular complexity index is 190. The van der Waals surface area contributed by atoms with E-state index in [1.54, 1.807) is 0 Å². The molecule has 0 heterocycles. The van der Waals surface area contributed by atoms with E-state index in [2.05, 4.69) is 5.32 Å². The Balaban J connectivity index is 2.21. The molecule has 0 aromatic heterocycles. The number of nitrogens with one attached hydrogen (secondary N) is 1. The summed E-state index contributed by atoms with van der Waals surface area (Å²) in [5, 5.41) is 2.42. The van der Waals surface area contributed by atoms with Gasteiger partial charge in [0.1, 0.15) is 0 Å². The molecular formula is C7H12F2N2O. The van der Waals surface area contributed by atoms with Gasteiger partial charge in [-0.1, -0.05) is 0 Å². The van der Waals surface area contributed by atoms with E-state index in [9.17, 15) is 13.6 Å². The van der Waals surface area contributed by atoms with Crippen LogP contribution in [0.25, 0.3) is 0 Å². The Hall–Kier alpha value is -0.710. The molecule has 1 aliphatic rings. The maximum Gasteiger partial charge on any atom is 0.254 e. The minimum atomic E-state index is -2.93. The average molecular weight is 178 g/mol. The van der Waals surface area contributed by atoms with E-state index in [4.69, 9.17) is 5.73 Å². The minimum absolute atomic E-state index is 0.0422. The molecule has 0 spiro atoms. The number of hydrogen-bond acceptors (Lipinski definition) is 2. The van der Waals surface area contributed by atoms with Crippen LogP contribution in [0.4, 0.5) is 8.78 Å². The van der Waals surface area contributed by atoms with E-state index in [1.807, 2.05) is 0 Å². The van der Waals surface area contributed by atoms with E-state index < -0.39 is 18.3 Å². The van der Waals surface area contributed by atoms with Crippen molar-refractivity contribution in [1.82, 2.24) is 5.32 Å². The number of rotatable bonds is 3. The molecule has 1 aliphatic carbocycles. The molecule has 5 heteroatoms. The molecule has 0 saturated heterocycles. The number of halogens is 2. The Morgan fingerprint density at radius 2 is 2.25 bits per heavy atom. The first-order valence-corrected chi connectivity index (χ1v) is 3.81. The summed E-state index contributed by atoms with van der Waals surface area (Å²) < 4.78 is 24.5. The molecule has 70 valence electrons. The van der Waals surface area contributed by atoms with E-state index in [0.717, 1.165) is 6.92 Å². The number of amides is 1. The van der Waals surface area contributed by atoms with Crippen molar-refractivity contribution in [3.05, 3.63) is 0 Å². The SMILES string of the molecule is CC(F)(F)CC(=O)NC1CC1N. The fraction of sp³-hybridized carbons (Fsp3) is 0.857. The number of hydrogen-bond donors (Lipinski definition) is 2. The molecule has 2 atom stereocenters. The number of carbonyl (C=O) groups excluding carboxylic acids is 1. The molecule has 0 aliphatic heterocycles. The van der Waals surface area contributed by atoms with Gasteiger partial charge < -0.3 is 11.1 Å². The van der Waals surface area contributed by atoms with Crippen LogP contribution in [0, 0.1) is 0 Å². The van der Waals surface area contributed by atoms with Gasteiger partial charge in [0, 0.05) is 12.1 Å². The molecule has 0 aromatic carbocycles. The van der Waals surface area contributed by atoms with Crippen LogP contribution in [0.15, 0.2) is 0 Å². The summed E-state index contributed by atoms with van der Waals surface area (Å²) in [5.41, 5.74) is 5.38. The molecule has 1 saturated carbocycles. The van der Waals surface area contributed by atoms with Crippen LogP contribution >= 0.6 is 0 Å². The summed E-state index contributed by atoms with van der Waals surface area (Å²) >= 11 is 0. The van der Waals surface area contributed by atoms with Crippen molar-refractivity contribution < 1.29 is 13.6 Å². The third kappa shape index (κ3) is 3.13. The van der Waals surface area contributed by atoms with Gasteiger partial charge in [-0.2, -0.15) is 0 Å². The average Bonchev–Trinajstić information content (AvgIpc) is 2.40. The number of carbonyl (C=O) groups is 1. The highest BCUT2D eigenvalue weighted by molar-refractivity contribution is 5.77. The fourth-order valence-corrected chi connectivity index (χ4v) is 0.920. The topological polar surface area (TPSA) is 55.1 Å². The maximum absolute atomic E-state index is 12.2. The molecule has 2 unspecified atom stereocenters. The zero-order valence-electron chi connectivity index (χ0n) is 6.81. The quantitative estimate of drug-likeness (QED) is 0.650. The van der Waals surface area contributed by atoms with Crippen molar-refractivity contribution in [3.63, 3.8) is 0 Å². The molecule has 3 nitrogen and oxygen atoms in total. The van der Waals surface area contributed by atoms with Crippen molar-refractivity contribution in [2.45, 2.75) is 37.8 Å². The lowest BCUT2D eigenvalue weighted by atomic mass is 10.2. The lowest BCUT2D eigenvalue weighted by Gasteiger charge is -2.09. The molecule has 0 aromatic rings. The molecule has 3 N–H and O–H groups in total. The molecular weight excluding hydrogens is 166 g/mol. The Kier molecular flexibility index (Phi) is 2.32. The lowest BCUT2D eigenvalue weighted by molar-refractivity contribution is -0.127. The molecule has 1 amide bonds. The van der Waals surface area contributed by atoms with Crippen molar-refractivity contribution in [3.8, 4) is 0 Å². The van der Waals surface area contributed by atoms with Crippen LogP contribution in [0.5, 0.6) is 0 Å². The van der Waals surface area contributed by atoms with Crippen molar-refractivity contribution >= 4 is 5.91 Å². The summed E-state index contributed by atoms with van der Waals surface area (Å²) in [6.45, 7) is 0.722. The maximum atomic E-state index is 12.2. The smallest absolute Gasteiger partial charge is 0.254 e. The zero-order valence-corrected chi connectivity index (χ0v) is 6.81. The molecule has 0 radical (unpaired) electrons. The summed E-state index contributed by atoms with van der Waals surface area (Å²) in [4.78, 5) is 10.8. The molecule has 0 bridgehead atoms. The van der Waals surface area contributed by atoms with Gasteiger partial charge >= 0.3 is 0 Å². The second kappa shape index (κ2) is 2.97. The van der Waals surface area contributed by atoms with Gasteiger partial charge in [-0.3, -0.25) is 4.79 Å². The predicted molar refractivity (Wildman–Crippen MR) is 39.8 cm³/mol. The van der Waals surface area contributed by atoms with E-state index in [0.29, 0.717) is 6.42 Å². The second-order valence-electron chi connectivity index (χ2n) is 3.32. The van der Waals surface area contributed by atoms with Crippen LogP contribution in [-0.4, -0.2) is 23.9 Å². The summed E-state index contributed by atoms with van der Waals surface area (Å²) in [7, 11) is 0. The van der Waals surface area contributed by atoms with Gasteiger partial charge in [0.2, 0.25) is 5.91 Å².